The summed E-state index contributed by atoms with van der Waals surface area (Å²) in [5, 5.41) is 16.5. The van der Waals surface area contributed by atoms with Crippen LogP contribution in [0.25, 0.3) is 0 Å². The van der Waals surface area contributed by atoms with Gasteiger partial charge in [0.25, 0.3) is 5.69 Å². The van der Waals surface area contributed by atoms with E-state index in [0.717, 1.165) is 5.56 Å². The van der Waals surface area contributed by atoms with E-state index in [2.05, 4.69) is 10.6 Å². The molecule has 2 aromatic rings. The van der Waals surface area contributed by atoms with Crippen molar-refractivity contribution < 1.29 is 14.1 Å². The minimum atomic E-state index is -0.463. The third-order valence-electron chi connectivity index (χ3n) is 3.14. The van der Waals surface area contributed by atoms with E-state index in [4.69, 9.17) is 0 Å². The van der Waals surface area contributed by atoms with Gasteiger partial charge in [0.05, 0.1) is 11.3 Å². The molecule has 0 saturated heterocycles. The van der Waals surface area contributed by atoms with E-state index in [-0.39, 0.29) is 23.8 Å². The van der Waals surface area contributed by atoms with Gasteiger partial charge in [-0.3, -0.25) is 14.9 Å². The van der Waals surface area contributed by atoms with Crippen LogP contribution >= 0.6 is 0 Å². The van der Waals surface area contributed by atoms with Gasteiger partial charge in [-0.1, -0.05) is 24.3 Å². The maximum atomic E-state index is 12.8. The zero-order valence-electron chi connectivity index (χ0n) is 12.3. The highest BCUT2D eigenvalue weighted by Crippen LogP contribution is 2.22. The number of para-hydroxylation sites is 2. The van der Waals surface area contributed by atoms with Crippen molar-refractivity contribution >= 4 is 17.3 Å². The molecule has 6 nitrogen and oxygen atoms in total. The number of nitro benzene ring substituents is 1. The third kappa shape index (κ3) is 5.06. The molecule has 7 heteroatoms. The molecule has 0 aliphatic rings. The average Bonchev–Trinajstić information content (AvgIpc) is 2.54. The SMILES string of the molecule is O=C(Cc1ccc(F)cc1)NCCNc1ccccc1[N+](=O)[O-]. The first-order chi connectivity index (χ1) is 11.1. The maximum Gasteiger partial charge on any atom is 0.292 e. The van der Waals surface area contributed by atoms with Gasteiger partial charge in [-0.25, -0.2) is 4.39 Å². The molecular formula is C16H16FN3O3. The number of amides is 1. The van der Waals surface area contributed by atoms with E-state index in [1.807, 2.05) is 0 Å². The fraction of sp³-hybridized carbons (Fsp3) is 0.188. The zero-order valence-corrected chi connectivity index (χ0v) is 12.3. The lowest BCUT2D eigenvalue weighted by Gasteiger charge is -2.08. The van der Waals surface area contributed by atoms with Gasteiger partial charge in [0, 0.05) is 19.2 Å². The Balaban J connectivity index is 1.76. The van der Waals surface area contributed by atoms with Crippen molar-refractivity contribution in [2.75, 3.05) is 18.4 Å². The van der Waals surface area contributed by atoms with Gasteiger partial charge >= 0.3 is 0 Å². The highest BCUT2D eigenvalue weighted by atomic mass is 19.1. The third-order valence-corrected chi connectivity index (χ3v) is 3.14. The topological polar surface area (TPSA) is 84.3 Å². The summed E-state index contributed by atoms with van der Waals surface area (Å²) in [6.45, 7) is 0.687. The van der Waals surface area contributed by atoms with E-state index < -0.39 is 4.92 Å². The van der Waals surface area contributed by atoms with Crippen LogP contribution in [0.2, 0.25) is 0 Å². The van der Waals surface area contributed by atoms with E-state index in [9.17, 15) is 19.3 Å². The van der Waals surface area contributed by atoms with Crippen LogP contribution in [0.5, 0.6) is 0 Å². The summed E-state index contributed by atoms with van der Waals surface area (Å²) < 4.78 is 12.8. The maximum absolute atomic E-state index is 12.8. The molecule has 120 valence electrons. The molecular weight excluding hydrogens is 301 g/mol. The number of carbonyl (C=O) groups excluding carboxylic acids is 1. The van der Waals surface area contributed by atoms with Crippen molar-refractivity contribution in [1.82, 2.24) is 5.32 Å². The second-order valence-electron chi connectivity index (χ2n) is 4.85. The molecule has 1 amide bonds. The first-order valence-corrected chi connectivity index (χ1v) is 7.04. The van der Waals surface area contributed by atoms with Crippen molar-refractivity contribution in [3.05, 3.63) is 70.0 Å². The van der Waals surface area contributed by atoms with Gasteiger partial charge in [-0.15, -0.1) is 0 Å². The number of anilines is 1. The highest BCUT2D eigenvalue weighted by Gasteiger charge is 2.11. The number of nitro groups is 1. The average molecular weight is 317 g/mol. The normalized spacial score (nSPS) is 10.1. The molecule has 2 rings (SSSR count). The van der Waals surface area contributed by atoms with Gasteiger partial charge in [-0.2, -0.15) is 0 Å². The standard InChI is InChI=1S/C16H16FN3O3/c17-13-7-5-12(6-8-13)11-16(21)19-10-9-18-14-3-1-2-4-15(14)20(22)23/h1-8,18H,9-11H2,(H,19,21). The summed E-state index contributed by atoms with van der Waals surface area (Å²) in [6, 6.07) is 12.0. The van der Waals surface area contributed by atoms with Crippen LogP contribution in [0, 0.1) is 15.9 Å². The molecule has 0 fully saturated rings. The predicted octanol–water partition coefficient (Wildman–Crippen LogP) is 2.50. The summed E-state index contributed by atoms with van der Waals surface area (Å²) in [5.41, 5.74) is 1.12. The van der Waals surface area contributed by atoms with Gasteiger partial charge < -0.3 is 10.6 Å². The number of rotatable bonds is 7. The number of nitrogens with one attached hydrogen (secondary N) is 2. The second-order valence-corrected chi connectivity index (χ2v) is 4.85. The summed E-state index contributed by atoms with van der Waals surface area (Å²) in [6.07, 6.45) is 0.158. The van der Waals surface area contributed by atoms with Crippen LogP contribution in [0.1, 0.15) is 5.56 Å². The molecule has 0 aliphatic heterocycles. The fourth-order valence-electron chi connectivity index (χ4n) is 2.03. The molecule has 0 heterocycles. The molecule has 0 aliphatic carbocycles. The number of hydrogen-bond acceptors (Lipinski definition) is 4. The quantitative estimate of drug-likeness (QED) is 0.467. The summed E-state index contributed by atoms with van der Waals surface area (Å²) in [5.74, 6) is -0.538. The largest absolute Gasteiger partial charge is 0.378 e. The summed E-state index contributed by atoms with van der Waals surface area (Å²) in [4.78, 5) is 22.1. The van der Waals surface area contributed by atoms with E-state index >= 15 is 0 Å². The molecule has 2 N–H and O–H groups in total. The minimum absolute atomic E-state index is 0.00913. The molecule has 23 heavy (non-hydrogen) atoms. The van der Waals surface area contributed by atoms with Crippen LogP contribution in [-0.2, 0) is 11.2 Å². The van der Waals surface area contributed by atoms with E-state index in [1.54, 1.807) is 30.3 Å². The Labute approximate surface area is 132 Å². The van der Waals surface area contributed by atoms with Gasteiger partial charge in [0.15, 0.2) is 0 Å². The number of halogens is 1. The van der Waals surface area contributed by atoms with Crippen molar-refractivity contribution in [3.8, 4) is 0 Å². The van der Waals surface area contributed by atoms with E-state index in [0.29, 0.717) is 18.8 Å². The lowest BCUT2D eigenvalue weighted by atomic mass is 10.1. The van der Waals surface area contributed by atoms with Crippen LogP contribution in [0.15, 0.2) is 48.5 Å². The summed E-state index contributed by atoms with van der Waals surface area (Å²) in [7, 11) is 0. The van der Waals surface area contributed by atoms with Crippen LogP contribution in [-0.4, -0.2) is 23.9 Å². The Hall–Kier alpha value is -2.96. The monoisotopic (exact) mass is 317 g/mol. The molecule has 2 aromatic carbocycles. The van der Waals surface area contributed by atoms with Crippen LogP contribution in [0.3, 0.4) is 0 Å². The van der Waals surface area contributed by atoms with Gasteiger partial charge in [0.2, 0.25) is 5.91 Å². The molecule has 0 unspecified atom stereocenters. The number of benzene rings is 2. The Bertz CT molecular complexity index is 689. The van der Waals surface area contributed by atoms with Gasteiger partial charge in [0.1, 0.15) is 11.5 Å². The Morgan fingerprint density at radius 1 is 1.09 bits per heavy atom. The van der Waals surface area contributed by atoms with Crippen molar-refractivity contribution in [1.29, 1.82) is 0 Å². The first kappa shape index (κ1) is 16.4. The minimum Gasteiger partial charge on any atom is -0.378 e. The molecule has 0 radical (unpaired) electrons. The predicted molar refractivity (Wildman–Crippen MR) is 84.7 cm³/mol. The van der Waals surface area contributed by atoms with Crippen molar-refractivity contribution in [2.24, 2.45) is 0 Å². The fourth-order valence-corrected chi connectivity index (χ4v) is 2.03. The highest BCUT2D eigenvalue weighted by molar-refractivity contribution is 5.78. The number of nitrogens with zero attached hydrogens (tertiary/aromatic N) is 1. The molecule has 0 atom stereocenters. The van der Waals surface area contributed by atoms with Crippen LogP contribution < -0.4 is 10.6 Å². The second kappa shape index (κ2) is 7.88. The van der Waals surface area contributed by atoms with Gasteiger partial charge in [-0.05, 0) is 23.8 Å². The van der Waals surface area contributed by atoms with E-state index in [1.165, 1.54) is 18.2 Å². The lowest BCUT2D eigenvalue weighted by molar-refractivity contribution is -0.384. The zero-order chi connectivity index (χ0) is 16.7. The van der Waals surface area contributed by atoms with Crippen molar-refractivity contribution in [3.63, 3.8) is 0 Å². The van der Waals surface area contributed by atoms with Crippen LogP contribution in [0.4, 0.5) is 15.8 Å². The number of hydrogen-bond donors (Lipinski definition) is 2. The lowest BCUT2D eigenvalue weighted by Crippen LogP contribution is -2.30. The Morgan fingerprint density at radius 2 is 1.78 bits per heavy atom. The number of carbonyl (C=O) groups is 1. The molecule has 0 bridgehead atoms. The smallest absolute Gasteiger partial charge is 0.292 e. The Morgan fingerprint density at radius 3 is 2.48 bits per heavy atom. The molecule has 0 spiro atoms. The first-order valence-electron chi connectivity index (χ1n) is 7.04. The van der Waals surface area contributed by atoms with Crippen molar-refractivity contribution in [2.45, 2.75) is 6.42 Å². The Kier molecular flexibility index (Phi) is 5.62. The molecule has 0 saturated carbocycles. The summed E-state index contributed by atoms with van der Waals surface area (Å²) >= 11 is 0. The molecule has 0 aromatic heterocycles.